The number of hydrogen-bond donors (Lipinski definition) is 0. The quantitative estimate of drug-likeness (QED) is 0.684. The number of rotatable bonds is 3. The Bertz CT molecular complexity index is 892. The first-order valence-electron chi connectivity index (χ1n) is 7.15. The van der Waals surface area contributed by atoms with E-state index in [9.17, 15) is 4.79 Å². The van der Waals surface area contributed by atoms with Crippen LogP contribution in [-0.2, 0) is 11.4 Å². The second kappa shape index (κ2) is 5.11. The van der Waals surface area contributed by atoms with Crippen LogP contribution >= 0.6 is 0 Å². The number of hydrogen-bond acceptors (Lipinski definition) is 3. The molecule has 4 rings (SSSR count). The first kappa shape index (κ1) is 12.8. The molecule has 0 aliphatic heterocycles. The summed E-state index contributed by atoms with van der Waals surface area (Å²) in [6.45, 7) is 0.351. The largest absolute Gasteiger partial charge is 0.390 e. The number of nitrogens with zero attached hydrogens (tertiary/aromatic N) is 1. The van der Waals surface area contributed by atoms with Gasteiger partial charge in [0.2, 0.25) is 5.78 Å². The lowest BCUT2D eigenvalue weighted by Crippen LogP contribution is -2.09. The highest BCUT2D eigenvalue weighted by Crippen LogP contribution is 2.31. The van der Waals surface area contributed by atoms with E-state index in [1.165, 1.54) is 0 Å². The van der Waals surface area contributed by atoms with Crippen molar-refractivity contribution >= 4 is 22.3 Å². The van der Waals surface area contributed by atoms with Gasteiger partial charge in [-0.05, 0) is 10.9 Å². The summed E-state index contributed by atoms with van der Waals surface area (Å²) in [5.41, 5.74) is 2.97. The second-order valence-corrected chi connectivity index (χ2v) is 5.24. The summed E-state index contributed by atoms with van der Waals surface area (Å²) < 4.78 is 0. The molecule has 0 fully saturated rings. The average molecular weight is 287 g/mol. The molecule has 3 aromatic carbocycles. The Balaban J connectivity index is 1.68. The van der Waals surface area contributed by atoms with E-state index in [1.54, 1.807) is 0 Å². The number of benzene rings is 3. The van der Waals surface area contributed by atoms with Gasteiger partial charge < -0.3 is 4.84 Å². The van der Waals surface area contributed by atoms with E-state index in [1.807, 2.05) is 66.7 Å². The van der Waals surface area contributed by atoms with Crippen LogP contribution in [0.15, 0.2) is 71.9 Å². The molecular weight excluding hydrogens is 274 g/mol. The van der Waals surface area contributed by atoms with Gasteiger partial charge in [0.25, 0.3) is 0 Å². The molecule has 0 radical (unpaired) electrons. The van der Waals surface area contributed by atoms with E-state index in [0.29, 0.717) is 17.9 Å². The normalized spacial score (nSPS) is 14.7. The Morgan fingerprint density at radius 3 is 2.32 bits per heavy atom. The van der Waals surface area contributed by atoms with Crippen LogP contribution in [0.3, 0.4) is 0 Å². The van der Waals surface area contributed by atoms with E-state index >= 15 is 0 Å². The molecule has 22 heavy (non-hydrogen) atoms. The van der Waals surface area contributed by atoms with Gasteiger partial charge in [0.05, 0.1) is 0 Å². The highest BCUT2D eigenvalue weighted by molar-refractivity contribution is 6.58. The van der Waals surface area contributed by atoms with Gasteiger partial charge >= 0.3 is 0 Å². The highest BCUT2D eigenvalue weighted by atomic mass is 16.6. The summed E-state index contributed by atoms with van der Waals surface area (Å²) in [4.78, 5) is 17.9. The van der Waals surface area contributed by atoms with Crippen LogP contribution in [0.4, 0.5) is 0 Å². The minimum atomic E-state index is -0.0696. The van der Waals surface area contributed by atoms with Crippen molar-refractivity contribution in [2.75, 3.05) is 0 Å². The van der Waals surface area contributed by atoms with Crippen molar-refractivity contribution in [1.29, 1.82) is 0 Å². The maximum atomic E-state index is 12.5. The minimum absolute atomic E-state index is 0.0696. The number of ketones is 1. The van der Waals surface area contributed by atoms with E-state index in [0.717, 1.165) is 21.9 Å². The SMILES string of the molecule is O=C1C(=NOCc2ccccc2)c2cccc3cccc1c23. The fourth-order valence-corrected chi connectivity index (χ4v) is 2.81. The average Bonchev–Trinajstić information content (AvgIpc) is 2.84. The molecule has 0 amide bonds. The zero-order chi connectivity index (χ0) is 14.9. The third-order valence-electron chi connectivity index (χ3n) is 3.85. The molecule has 1 aliphatic carbocycles. The van der Waals surface area contributed by atoms with Crippen LogP contribution in [0.25, 0.3) is 10.8 Å². The number of Topliss-reactive ketones (excluding diaryl/α,β-unsaturated/α-hetero) is 1. The Morgan fingerprint density at radius 1 is 0.818 bits per heavy atom. The van der Waals surface area contributed by atoms with Crippen LogP contribution in [0, 0.1) is 0 Å². The zero-order valence-corrected chi connectivity index (χ0v) is 11.8. The van der Waals surface area contributed by atoms with Crippen molar-refractivity contribution in [1.82, 2.24) is 0 Å². The zero-order valence-electron chi connectivity index (χ0n) is 11.8. The monoisotopic (exact) mass is 287 g/mol. The number of oxime groups is 1. The summed E-state index contributed by atoms with van der Waals surface area (Å²) in [7, 11) is 0. The first-order valence-corrected chi connectivity index (χ1v) is 7.15. The molecule has 0 aromatic heterocycles. The van der Waals surface area contributed by atoms with Crippen molar-refractivity contribution in [3.05, 3.63) is 83.4 Å². The van der Waals surface area contributed by atoms with Crippen LogP contribution in [0.1, 0.15) is 21.5 Å². The molecule has 3 heteroatoms. The van der Waals surface area contributed by atoms with E-state index in [-0.39, 0.29) is 5.78 Å². The predicted molar refractivity (Wildman–Crippen MR) is 86.0 cm³/mol. The molecule has 0 heterocycles. The molecule has 106 valence electrons. The molecule has 0 atom stereocenters. The Morgan fingerprint density at radius 2 is 1.55 bits per heavy atom. The lowest BCUT2D eigenvalue weighted by molar-refractivity contribution is 0.104. The molecule has 0 bridgehead atoms. The van der Waals surface area contributed by atoms with Gasteiger partial charge in [-0.1, -0.05) is 71.9 Å². The van der Waals surface area contributed by atoms with Crippen LogP contribution < -0.4 is 0 Å². The maximum absolute atomic E-state index is 12.5. The molecule has 0 spiro atoms. The molecular formula is C19H13NO2. The smallest absolute Gasteiger partial charge is 0.216 e. The van der Waals surface area contributed by atoms with E-state index in [4.69, 9.17) is 4.84 Å². The predicted octanol–water partition coefficient (Wildman–Crippen LogP) is 3.96. The first-order chi connectivity index (χ1) is 10.8. The van der Waals surface area contributed by atoms with Crippen LogP contribution in [-0.4, -0.2) is 11.5 Å². The van der Waals surface area contributed by atoms with Gasteiger partial charge in [-0.2, -0.15) is 0 Å². The third-order valence-corrected chi connectivity index (χ3v) is 3.85. The topological polar surface area (TPSA) is 38.7 Å². The van der Waals surface area contributed by atoms with Crippen LogP contribution in [0.5, 0.6) is 0 Å². The van der Waals surface area contributed by atoms with Gasteiger partial charge in [0.15, 0.2) is 5.71 Å². The molecule has 3 aromatic rings. The Labute approximate surface area is 127 Å². The highest BCUT2D eigenvalue weighted by Gasteiger charge is 2.29. The maximum Gasteiger partial charge on any atom is 0.216 e. The summed E-state index contributed by atoms with van der Waals surface area (Å²) in [6, 6.07) is 21.4. The molecule has 0 saturated heterocycles. The molecule has 0 unspecified atom stereocenters. The van der Waals surface area contributed by atoms with Crippen molar-refractivity contribution in [2.45, 2.75) is 6.61 Å². The third kappa shape index (κ3) is 1.99. The molecule has 1 aliphatic rings. The second-order valence-electron chi connectivity index (χ2n) is 5.24. The molecule has 3 nitrogen and oxygen atoms in total. The van der Waals surface area contributed by atoms with Gasteiger partial charge in [0.1, 0.15) is 6.61 Å². The lowest BCUT2D eigenvalue weighted by Gasteiger charge is -2.01. The van der Waals surface area contributed by atoms with Gasteiger partial charge in [-0.3, -0.25) is 4.79 Å². The van der Waals surface area contributed by atoms with Gasteiger partial charge in [0, 0.05) is 16.5 Å². The summed E-state index contributed by atoms with van der Waals surface area (Å²) in [6.07, 6.45) is 0. The van der Waals surface area contributed by atoms with E-state index in [2.05, 4.69) is 5.16 Å². The van der Waals surface area contributed by atoms with Gasteiger partial charge in [-0.15, -0.1) is 0 Å². The summed E-state index contributed by atoms with van der Waals surface area (Å²) >= 11 is 0. The minimum Gasteiger partial charge on any atom is -0.390 e. The summed E-state index contributed by atoms with van der Waals surface area (Å²) in [5, 5.41) is 6.13. The Hall–Kier alpha value is -2.94. The number of carbonyl (C=O) groups excluding carboxylic acids is 1. The van der Waals surface area contributed by atoms with Crippen LogP contribution in [0.2, 0.25) is 0 Å². The molecule has 0 N–H and O–H groups in total. The lowest BCUT2D eigenvalue weighted by atomic mass is 10.1. The fourth-order valence-electron chi connectivity index (χ4n) is 2.81. The van der Waals surface area contributed by atoms with Crippen molar-refractivity contribution in [3.8, 4) is 0 Å². The van der Waals surface area contributed by atoms with E-state index < -0.39 is 0 Å². The van der Waals surface area contributed by atoms with Crippen molar-refractivity contribution in [3.63, 3.8) is 0 Å². The molecule has 0 saturated carbocycles. The Kier molecular flexibility index (Phi) is 2.97. The van der Waals surface area contributed by atoms with Gasteiger partial charge in [-0.25, -0.2) is 0 Å². The number of carbonyl (C=O) groups is 1. The van der Waals surface area contributed by atoms with Crippen molar-refractivity contribution in [2.24, 2.45) is 5.16 Å². The summed E-state index contributed by atoms with van der Waals surface area (Å²) in [5.74, 6) is -0.0696. The fraction of sp³-hybridized carbons (Fsp3) is 0.0526. The van der Waals surface area contributed by atoms with Crippen molar-refractivity contribution < 1.29 is 9.63 Å². The standard InChI is InChI=1S/C19H13NO2/c21-19-16-11-5-9-14-8-4-10-15(17(14)16)18(19)20-22-12-13-6-2-1-3-7-13/h1-11H,12H2.